The fraction of sp³-hybridized carbons (Fsp3) is 0.111. The summed E-state index contributed by atoms with van der Waals surface area (Å²) in [5.74, 6) is 1.08. The van der Waals surface area contributed by atoms with Crippen LogP contribution in [0, 0.1) is 3.57 Å². The second-order valence-electron chi connectivity index (χ2n) is 4.95. The van der Waals surface area contributed by atoms with Crippen molar-refractivity contribution in [1.29, 1.82) is 0 Å². The maximum atomic E-state index is 12.1. The van der Waals surface area contributed by atoms with Crippen LogP contribution in [0.15, 0.2) is 53.2 Å². The molecule has 0 aliphatic carbocycles. The van der Waals surface area contributed by atoms with E-state index in [2.05, 4.69) is 27.6 Å². The normalized spacial score (nSPS) is 15.2. The Kier molecular flexibility index (Phi) is 4.84. The molecule has 5 nitrogen and oxygen atoms in total. The maximum Gasteiger partial charge on any atom is 0.363 e. The number of hydrogen-bond donors (Lipinski definition) is 0. The molecule has 122 valence electrons. The molecule has 0 radical (unpaired) electrons. The first-order chi connectivity index (χ1) is 11.6. The van der Waals surface area contributed by atoms with Crippen LogP contribution >= 0.6 is 22.6 Å². The molecule has 1 aliphatic rings. The van der Waals surface area contributed by atoms with E-state index in [0.717, 1.165) is 14.7 Å². The number of rotatable bonds is 4. The number of aliphatic imine (C=N–C) groups is 1. The number of carbonyl (C=O) groups excluding carboxylic acids is 1. The van der Waals surface area contributed by atoms with Crippen molar-refractivity contribution in [2.75, 3.05) is 14.2 Å². The number of ether oxygens (including phenoxy) is 3. The first-order valence-electron chi connectivity index (χ1n) is 7.11. The highest BCUT2D eigenvalue weighted by molar-refractivity contribution is 14.1. The minimum absolute atomic E-state index is 0.229. The summed E-state index contributed by atoms with van der Waals surface area (Å²) in [6.07, 6.45) is 1.64. The molecule has 0 aromatic heterocycles. The fourth-order valence-electron chi connectivity index (χ4n) is 2.24. The monoisotopic (exact) mass is 435 g/mol. The molecular weight excluding hydrogens is 421 g/mol. The van der Waals surface area contributed by atoms with E-state index < -0.39 is 5.97 Å². The molecule has 24 heavy (non-hydrogen) atoms. The molecule has 2 aromatic carbocycles. The van der Waals surface area contributed by atoms with Crippen molar-refractivity contribution in [2.45, 2.75) is 0 Å². The van der Waals surface area contributed by atoms with Gasteiger partial charge in [0, 0.05) is 20.8 Å². The van der Waals surface area contributed by atoms with Crippen LogP contribution in [0.4, 0.5) is 0 Å². The Labute approximate surface area is 153 Å². The number of esters is 1. The van der Waals surface area contributed by atoms with Crippen molar-refractivity contribution in [3.63, 3.8) is 0 Å². The van der Waals surface area contributed by atoms with Gasteiger partial charge in [-0.05, 0) is 59.0 Å². The van der Waals surface area contributed by atoms with Crippen molar-refractivity contribution < 1.29 is 19.0 Å². The Morgan fingerprint density at radius 2 is 1.96 bits per heavy atom. The molecule has 0 spiro atoms. The van der Waals surface area contributed by atoms with Crippen molar-refractivity contribution in [1.82, 2.24) is 0 Å². The molecule has 2 aromatic rings. The summed E-state index contributed by atoms with van der Waals surface area (Å²) < 4.78 is 16.8. The minimum atomic E-state index is -0.485. The van der Waals surface area contributed by atoms with E-state index >= 15 is 0 Å². The van der Waals surface area contributed by atoms with Crippen LogP contribution in [0.5, 0.6) is 11.5 Å². The third-order valence-corrected chi connectivity index (χ3v) is 4.10. The van der Waals surface area contributed by atoms with Crippen molar-refractivity contribution >= 4 is 40.5 Å². The van der Waals surface area contributed by atoms with Gasteiger partial charge in [0.15, 0.2) is 5.70 Å². The zero-order chi connectivity index (χ0) is 17.1. The zero-order valence-electron chi connectivity index (χ0n) is 13.1. The molecule has 0 amide bonds. The molecule has 0 N–H and O–H groups in total. The highest BCUT2D eigenvalue weighted by Gasteiger charge is 2.24. The topological polar surface area (TPSA) is 57.1 Å². The molecule has 0 fully saturated rings. The summed E-state index contributed by atoms with van der Waals surface area (Å²) in [6, 6.07) is 12.9. The number of hydrogen-bond acceptors (Lipinski definition) is 5. The van der Waals surface area contributed by atoms with E-state index in [0.29, 0.717) is 17.4 Å². The van der Waals surface area contributed by atoms with E-state index in [1.165, 1.54) is 0 Å². The highest BCUT2D eigenvalue weighted by atomic mass is 127. The van der Waals surface area contributed by atoms with E-state index in [9.17, 15) is 4.79 Å². The average Bonchev–Trinajstić information content (AvgIpc) is 2.96. The van der Waals surface area contributed by atoms with Crippen LogP contribution in [0.2, 0.25) is 0 Å². The van der Waals surface area contributed by atoms with Crippen molar-refractivity contribution in [3.05, 3.63) is 62.9 Å². The lowest BCUT2D eigenvalue weighted by Gasteiger charge is -2.07. The van der Waals surface area contributed by atoms with Crippen LogP contribution in [0.1, 0.15) is 11.1 Å². The van der Waals surface area contributed by atoms with Gasteiger partial charge in [-0.1, -0.05) is 6.07 Å². The van der Waals surface area contributed by atoms with Gasteiger partial charge in [-0.2, -0.15) is 0 Å². The molecule has 0 saturated heterocycles. The number of halogens is 1. The number of nitrogens with zero attached hydrogens (tertiary/aromatic N) is 1. The first-order valence-corrected chi connectivity index (χ1v) is 8.19. The zero-order valence-corrected chi connectivity index (χ0v) is 15.2. The third-order valence-electron chi connectivity index (χ3n) is 3.42. The van der Waals surface area contributed by atoms with Crippen LogP contribution in [0.25, 0.3) is 6.08 Å². The highest BCUT2D eigenvalue weighted by Crippen LogP contribution is 2.28. The molecule has 0 atom stereocenters. The smallest absolute Gasteiger partial charge is 0.363 e. The standard InChI is InChI=1S/C18H14INO4/c1-22-14-7-6-11(16(10-14)23-2)9-15-18(21)24-17(20-15)12-4-3-5-13(19)8-12/h3-10H,1-2H3. The predicted molar refractivity (Wildman–Crippen MR) is 99.3 cm³/mol. The van der Waals surface area contributed by atoms with E-state index in [-0.39, 0.29) is 5.70 Å². The number of methoxy groups -OCH3 is 2. The molecule has 1 heterocycles. The predicted octanol–water partition coefficient (Wildman–Crippen LogP) is 3.65. The summed E-state index contributed by atoms with van der Waals surface area (Å²) in [4.78, 5) is 16.4. The van der Waals surface area contributed by atoms with Gasteiger partial charge in [0.25, 0.3) is 0 Å². The lowest BCUT2D eigenvalue weighted by atomic mass is 10.1. The number of cyclic esters (lactones) is 1. The molecule has 0 saturated carbocycles. The lowest BCUT2D eigenvalue weighted by Crippen LogP contribution is -2.05. The minimum Gasteiger partial charge on any atom is -0.497 e. The van der Waals surface area contributed by atoms with Crippen molar-refractivity contribution in [2.24, 2.45) is 4.99 Å². The van der Waals surface area contributed by atoms with Gasteiger partial charge in [-0.3, -0.25) is 0 Å². The Hall–Kier alpha value is -2.35. The van der Waals surface area contributed by atoms with Gasteiger partial charge >= 0.3 is 5.97 Å². The molecule has 6 heteroatoms. The Morgan fingerprint density at radius 3 is 2.67 bits per heavy atom. The third kappa shape index (κ3) is 3.43. The average molecular weight is 435 g/mol. The summed E-state index contributed by atoms with van der Waals surface area (Å²) in [5.41, 5.74) is 1.71. The van der Waals surface area contributed by atoms with Crippen LogP contribution < -0.4 is 9.47 Å². The second kappa shape index (κ2) is 7.04. The van der Waals surface area contributed by atoms with Crippen LogP contribution in [0.3, 0.4) is 0 Å². The fourth-order valence-corrected chi connectivity index (χ4v) is 2.78. The second-order valence-corrected chi connectivity index (χ2v) is 6.20. The van der Waals surface area contributed by atoms with E-state index in [1.807, 2.05) is 24.3 Å². The quantitative estimate of drug-likeness (QED) is 0.418. The van der Waals surface area contributed by atoms with Crippen LogP contribution in [-0.4, -0.2) is 26.1 Å². The summed E-state index contributed by atoms with van der Waals surface area (Å²) >= 11 is 2.20. The number of carbonyl (C=O) groups is 1. The summed E-state index contributed by atoms with van der Waals surface area (Å²) in [5, 5.41) is 0. The lowest BCUT2D eigenvalue weighted by molar-refractivity contribution is -0.129. The Balaban J connectivity index is 1.97. The maximum absolute atomic E-state index is 12.1. The number of benzene rings is 2. The van der Waals surface area contributed by atoms with Crippen LogP contribution in [-0.2, 0) is 9.53 Å². The molecule has 0 bridgehead atoms. The van der Waals surface area contributed by atoms with Gasteiger partial charge in [-0.15, -0.1) is 0 Å². The SMILES string of the molecule is COc1ccc(C=C2N=C(c3cccc(I)c3)OC2=O)c(OC)c1. The molecule has 3 rings (SSSR count). The Bertz CT molecular complexity index is 858. The van der Waals surface area contributed by atoms with E-state index in [1.54, 1.807) is 38.5 Å². The molecule has 0 unspecified atom stereocenters. The van der Waals surface area contributed by atoms with Gasteiger partial charge in [-0.25, -0.2) is 9.79 Å². The van der Waals surface area contributed by atoms with Gasteiger partial charge < -0.3 is 14.2 Å². The summed E-state index contributed by atoms with van der Waals surface area (Å²) in [6.45, 7) is 0. The van der Waals surface area contributed by atoms with Gasteiger partial charge in [0.2, 0.25) is 5.90 Å². The molecular formula is C18H14INO4. The van der Waals surface area contributed by atoms with Crippen molar-refractivity contribution in [3.8, 4) is 11.5 Å². The largest absolute Gasteiger partial charge is 0.497 e. The molecule has 1 aliphatic heterocycles. The van der Waals surface area contributed by atoms with Gasteiger partial charge in [0.1, 0.15) is 11.5 Å². The van der Waals surface area contributed by atoms with Gasteiger partial charge in [0.05, 0.1) is 14.2 Å². The van der Waals surface area contributed by atoms with E-state index in [4.69, 9.17) is 14.2 Å². The summed E-state index contributed by atoms with van der Waals surface area (Å²) in [7, 11) is 3.14. The Morgan fingerprint density at radius 1 is 1.12 bits per heavy atom. The first kappa shape index (κ1) is 16.5.